The first-order valence-electron chi connectivity index (χ1n) is 9.23. The highest BCUT2D eigenvalue weighted by Gasteiger charge is 2.22. The predicted molar refractivity (Wildman–Crippen MR) is 105 cm³/mol. The first-order valence-corrected chi connectivity index (χ1v) is 9.23. The van der Waals surface area contributed by atoms with Crippen LogP contribution in [0.4, 0.5) is 14.9 Å². The van der Waals surface area contributed by atoms with Crippen molar-refractivity contribution in [2.75, 3.05) is 44.7 Å². The van der Waals surface area contributed by atoms with Crippen LogP contribution in [-0.2, 0) is 6.42 Å². The standard InChI is InChI=1S/C21H26FN3O2/c1-16-3-8-20(27-2)19(15-16)24-11-13-25(14-12-24)21(26)23-10-9-17-4-6-18(22)7-5-17/h3-8,15H,9-14H2,1-2H3,(H,23,26). The molecule has 0 unspecified atom stereocenters. The summed E-state index contributed by atoms with van der Waals surface area (Å²) in [4.78, 5) is 16.5. The number of aryl methyl sites for hydroxylation is 1. The van der Waals surface area contributed by atoms with Gasteiger partial charge in [-0.25, -0.2) is 9.18 Å². The summed E-state index contributed by atoms with van der Waals surface area (Å²) in [5.74, 6) is 0.615. The molecule has 6 heteroatoms. The van der Waals surface area contributed by atoms with E-state index in [0.29, 0.717) is 26.1 Å². The van der Waals surface area contributed by atoms with E-state index in [2.05, 4.69) is 23.2 Å². The molecule has 0 atom stereocenters. The molecule has 1 aliphatic rings. The molecule has 0 radical (unpaired) electrons. The van der Waals surface area contributed by atoms with Gasteiger partial charge in [-0.1, -0.05) is 18.2 Å². The van der Waals surface area contributed by atoms with Gasteiger partial charge in [0.25, 0.3) is 0 Å². The minimum Gasteiger partial charge on any atom is -0.495 e. The van der Waals surface area contributed by atoms with Crippen molar-refractivity contribution in [3.05, 3.63) is 59.4 Å². The Kier molecular flexibility index (Phi) is 6.16. The number of nitrogens with zero attached hydrogens (tertiary/aromatic N) is 2. The van der Waals surface area contributed by atoms with Crippen molar-refractivity contribution in [1.29, 1.82) is 0 Å². The zero-order valence-electron chi connectivity index (χ0n) is 15.9. The molecule has 2 aromatic rings. The van der Waals surface area contributed by atoms with Crippen LogP contribution in [0.5, 0.6) is 5.75 Å². The Morgan fingerprint density at radius 1 is 1.11 bits per heavy atom. The maximum absolute atomic E-state index is 12.9. The van der Waals surface area contributed by atoms with E-state index in [1.165, 1.54) is 17.7 Å². The monoisotopic (exact) mass is 371 g/mol. The van der Waals surface area contributed by atoms with Crippen LogP contribution in [0.3, 0.4) is 0 Å². The number of ether oxygens (including phenoxy) is 1. The molecule has 27 heavy (non-hydrogen) atoms. The maximum atomic E-state index is 12.9. The number of amides is 2. The number of hydrogen-bond donors (Lipinski definition) is 1. The summed E-state index contributed by atoms with van der Waals surface area (Å²) in [5.41, 5.74) is 3.27. The fourth-order valence-corrected chi connectivity index (χ4v) is 3.27. The molecule has 1 saturated heterocycles. The Morgan fingerprint density at radius 2 is 1.81 bits per heavy atom. The molecule has 2 amide bonds. The Bertz CT molecular complexity index is 771. The summed E-state index contributed by atoms with van der Waals surface area (Å²) in [6, 6.07) is 12.5. The van der Waals surface area contributed by atoms with Crippen molar-refractivity contribution in [2.45, 2.75) is 13.3 Å². The third-order valence-corrected chi connectivity index (χ3v) is 4.85. The normalized spacial score (nSPS) is 14.2. The summed E-state index contributed by atoms with van der Waals surface area (Å²) in [6.07, 6.45) is 0.687. The van der Waals surface area contributed by atoms with Crippen LogP contribution in [0.25, 0.3) is 0 Å². The van der Waals surface area contributed by atoms with E-state index >= 15 is 0 Å². The highest BCUT2D eigenvalue weighted by atomic mass is 19.1. The minimum atomic E-state index is -0.245. The fourth-order valence-electron chi connectivity index (χ4n) is 3.27. The van der Waals surface area contributed by atoms with Crippen molar-refractivity contribution >= 4 is 11.7 Å². The zero-order valence-corrected chi connectivity index (χ0v) is 15.9. The topological polar surface area (TPSA) is 44.8 Å². The van der Waals surface area contributed by atoms with E-state index in [1.54, 1.807) is 19.2 Å². The van der Waals surface area contributed by atoms with Gasteiger partial charge in [0.05, 0.1) is 12.8 Å². The smallest absolute Gasteiger partial charge is 0.317 e. The molecule has 0 spiro atoms. The Hall–Kier alpha value is -2.76. The van der Waals surface area contributed by atoms with Gasteiger partial charge in [0.2, 0.25) is 0 Å². The molecular formula is C21H26FN3O2. The highest BCUT2D eigenvalue weighted by molar-refractivity contribution is 5.74. The Labute approximate surface area is 159 Å². The van der Waals surface area contributed by atoms with Crippen molar-refractivity contribution in [2.24, 2.45) is 0 Å². The number of nitrogens with one attached hydrogen (secondary N) is 1. The summed E-state index contributed by atoms with van der Waals surface area (Å²) < 4.78 is 18.4. The molecule has 3 rings (SSSR count). The first-order chi connectivity index (χ1) is 13.1. The number of hydrogen-bond acceptors (Lipinski definition) is 3. The molecule has 2 aromatic carbocycles. The number of piperazine rings is 1. The molecule has 1 aliphatic heterocycles. The Balaban J connectivity index is 1.48. The second kappa shape index (κ2) is 8.75. The van der Waals surface area contributed by atoms with Gasteiger partial charge >= 0.3 is 6.03 Å². The fraction of sp³-hybridized carbons (Fsp3) is 0.381. The number of urea groups is 1. The minimum absolute atomic E-state index is 0.0482. The molecule has 1 fully saturated rings. The van der Waals surface area contributed by atoms with E-state index in [4.69, 9.17) is 4.74 Å². The van der Waals surface area contributed by atoms with Crippen LogP contribution in [0, 0.1) is 12.7 Å². The summed E-state index contributed by atoms with van der Waals surface area (Å²) in [6.45, 7) is 5.47. The van der Waals surface area contributed by atoms with Crippen LogP contribution in [0.15, 0.2) is 42.5 Å². The first kappa shape index (κ1) is 19.0. The van der Waals surface area contributed by atoms with Gasteiger partial charge in [-0.05, 0) is 48.7 Å². The van der Waals surface area contributed by atoms with Crippen molar-refractivity contribution in [3.8, 4) is 5.75 Å². The molecule has 1 heterocycles. The summed E-state index contributed by atoms with van der Waals surface area (Å²) in [5, 5.41) is 2.95. The molecule has 5 nitrogen and oxygen atoms in total. The van der Waals surface area contributed by atoms with Gasteiger partial charge in [0.1, 0.15) is 11.6 Å². The maximum Gasteiger partial charge on any atom is 0.317 e. The van der Waals surface area contributed by atoms with Crippen LogP contribution < -0.4 is 15.0 Å². The number of carbonyl (C=O) groups excluding carboxylic acids is 1. The van der Waals surface area contributed by atoms with E-state index in [0.717, 1.165) is 30.1 Å². The lowest BCUT2D eigenvalue weighted by Crippen LogP contribution is -2.52. The largest absolute Gasteiger partial charge is 0.495 e. The van der Waals surface area contributed by atoms with Gasteiger partial charge in [-0.2, -0.15) is 0 Å². The lowest BCUT2D eigenvalue weighted by molar-refractivity contribution is 0.194. The van der Waals surface area contributed by atoms with Gasteiger partial charge < -0.3 is 19.9 Å². The zero-order chi connectivity index (χ0) is 19.2. The molecule has 0 saturated carbocycles. The number of methoxy groups -OCH3 is 1. The van der Waals surface area contributed by atoms with E-state index in [-0.39, 0.29) is 11.8 Å². The lowest BCUT2D eigenvalue weighted by Gasteiger charge is -2.36. The number of carbonyl (C=O) groups is 1. The number of anilines is 1. The number of halogens is 1. The molecule has 0 aliphatic carbocycles. The van der Waals surface area contributed by atoms with Crippen molar-refractivity contribution in [1.82, 2.24) is 10.2 Å². The predicted octanol–water partition coefficient (Wildman–Crippen LogP) is 3.22. The second-order valence-corrected chi connectivity index (χ2v) is 6.76. The van der Waals surface area contributed by atoms with Crippen LogP contribution in [-0.4, -0.2) is 50.8 Å². The number of rotatable bonds is 5. The third-order valence-electron chi connectivity index (χ3n) is 4.85. The second-order valence-electron chi connectivity index (χ2n) is 6.76. The van der Waals surface area contributed by atoms with E-state index < -0.39 is 0 Å². The quantitative estimate of drug-likeness (QED) is 0.878. The summed E-state index contributed by atoms with van der Waals surface area (Å²) >= 11 is 0. The molecular weight excluding hydrogens is 345 g/mol. The average Bonchev–Trinajstić information content (AvgIpc) is 2.69. The van der Waals surface area contributed by atoms with Gasteiger partial charge in [-0.15, -0.1) is 0 Å². The van der Waals surface area contributed by atoms with Crippen LogP contribution in [0.1, 0.15) is 11.1 Å². The van der Waals surface area contributed by atoms with Crippen molar-refractivity contribution < 1.29 is 13.9 Å². The average molecular weight is 371 g/mol. The van der Waals surface area contributed by atoms with E-state index in [1.807, 2.05) is 17.0 Å². The molecule has 1 N–H and O–H groups in total. The molecule has 0 bridgehead atoms. The lowest BCUT2D eigenvalue weighted by atomic mass is 10.1. The van der Waals surface area contributed by atoms with Gasteiger partial charge in [0, 0.05) is 32.7 Å². The van der Waals surface area contributed by atoms with Gasteiger partial charge in [-0.3, -0.25) is 0 Å². The Morgan fingerprint density at radius 3 is 2.48 bits per heavy atom. The van der Waals surface area contributed by atoms with E-state index in [9.17, 15) is 9.18 Å². The van der Waals surface area contributed by atoms with Crippen molar-refractivity contribution in [3.63, 3.8) is 0 Å². The van der Waals surface area contributed by atoms with Gasteiger partial charge in [0.15, 0.2) is 0 Å². The third kappa shape index (κ3) is 4.90. The molecule has 0 aromatic heterocycles. The summed E-state index contributed by atoms with van der Waals surface area (Å²) in [7, 11) is 1.68. The number of benzene rings is 2. The van der Waals surface area contributed by atoms with Crippen LogP contribution in [0.2, 0.25) is 0 Å². The highest BCUT2D eigenvalue weighted by Crippen LogP contribution is 2.29. The molecule has 144 valence electrons. The van der Waals surface area contributed by atoms with Crippen LogP contribution >= 0.6 is 0 Å². The SMILES string of the molecule is COc1ccc(C)cc1N1CCN(C(=O)NCCc2ccc(F)cc2)CC1.